The lowest BCUT2D eigenvalue weighted by Gasteiger charge is -2.34. The van der Waals surface area contributed by atoms with Crippen LogP contribution in [0.25, 0.3) is 22.6 Å². The monoisotopic (exact) mass is 434 g/mol. The highest BCUT2D eigenvalue weighted by atomic mass is 16.4. The molecule has 0 spiro atoms. The summed E-state index contributed by atoms with van der Waals surface area (Å²) in [6.45, 7) is 5.30. The maximum absolute atomic E-state index is 9.35. The second-order valence-electron chi connectivity index (χ2n) is 8.34. The van der Waals surface area contributed by atoms with Crippen molar-refractivity contribution in [3.63, 3.8) is 0 Å². The van der Waals surface area contributed by atoms with Crippen molar-refractivity contribution >= 4 is 0 Å². The maximum atomic E-state index is 9.35. The molecule has 0 bridgehead atoms. The lowest BCUT2D eigenvalue weighted by atomic mass is 10.1. The molecule has 0 aliphatic carbocycles. The highest BCUT2D eigenvalue weighted by molar-refractivity contribution is 5.76. The lowest BCUT2D eigenvalue weighted by Crippen LogP contribution is -2.45. The number of aromatic nitrogens is 1. The van der Waals surface area contributed by atoms with Crippen molar-refractivity contribution in [1.29, 1.82) is 5.26 Å². The minimum Gasteiger partial charge on any atom is -0.439 e. The van der Waals surface area contributed by atoms with Gasteiger partial charge in [0, 0.05) is 43.9 Å². The summed E-state index contributed by atoms with van der Waals surface area (Å²) >= 11 is 0. The second-order valence-corrected chi connectivity index (χ2v) is 8.34. The molecule has 0 radical (unpaired) electrons. The maximum Gasteiger partial charge on any atom is 0.209 e. The fourth-order valence-electron chi connectivity index (χ4n) is 4.31. The van der Waals surface area contributed by atoms with Gasteiger partial charge in [0.1, 0.15) is 5.69 Å². The Hall–Kier alpha value is -3.72. The predicted molar refractivity (Wildman–Crippen MR) is 129 cm³/mol. The molecule has 3 aromatic carbocycles. The van der Waals surface area contributed by atoms with Crippen LogP contribution in [0, 0.1) is 11.3 Å². The van der Waals surface area contributed by atoms with Gasteiger partial charge >= 0.3 is 0 Å². The van der Waals surface area contributed by atoms with Crippen LogP contribution in [0.3, 0.4) is 0 Å². The Balaban J connectivity index is 1.29. The van der Waals surface area contributed by atoms with Gasteiger partial charge in [-0.05, 0) is 11.6 Å². The van der Waals surface area contributed by atoms with Crippen LogP contribution in [0.1, 0.15) is 17.0 Å². The predicted octanol–water partition coefficient (Wildman–Crippen LogP) is 5.20. The fourth-order valence-corrected chi connectivity index (χ4v) is 4.31. The smallest absolute Gasteiger partial charge is 0.209 e. The van der Waals surface area contributed by atoms with Crippen LogP contribution in [0.4, 0.5) is 0 Å². The van der Waals surface area contributed by atoms with Crippen molar-refractivity contribution in [2.45, 2.75) is 13.1 Å². The molecule has 164 valence electrons. The Bertz CT molecular complexity index is 1180. The van der Waals surface area contributed by atoms with Crippen molar-refractivity contribution < 1.29 is 4.42 Å². The van der Waals surface area contributed by atoms with Gasteiger partial charge in [0.2, 0.25) is 5.89 Å². The van der Waals surface area contributed by atoms with Crippen LogP contribution in [0.15, 0.2) is 89.3 Å². The Morgan fingerprint density at radius 1 is 0.727 bits per heavy atom. The molecule has 4 aromatic rings. The molecule has 1 aromatic heterocycles. The van der Waals surface area contributed by atoms with E-state index < -0.39 is 0 Å². The zero-order chi connectivity index (χ0) is 22.5. The topological polar surface area (TPSA) is 56.3 Å². The zero-order valence-electron chi connectivity index (χ0n) is 18.5. The van der Waals surface area contributed by atoms with Crippen molar-refractivity contribution in [3.05, 3.63) is 102 Å². The number of piperazine rings is 1. The Morgan fingerprint density at radius 3 is 1.97 bits per heavy atom. The third kappa shape index (κ3) is 4.88. The molecule has 1 aliphatic rings. The first kappa shape index (κ1) is 21.1. The summed E-state index contributed by atoms with van der Waals surface area (Å²) in [5, 5.41) is 9.35. The first-order chi connectivity index (χ1) is 16.3. The summed E-state index contributed by atoms with van der Waals surface area (Å²) in [6.07, 6.45) is 0. The molecule has 0 unspecified atom stereocenters. The number of rotatable bonds is 6. The molecule has 1 fully saturated rings. The number of hydrogen-bond acceptors (Lipinski definition) is 5. The number of hydrogen-bond donors (Lipinski definition) is 0. The summed E-state index contributed by atoms with van der Waals surface area (Å²) in [4.78, 5) is 9.70. The van der Waals surface area contributed by atoms with E-state index >= 15 is 0 Å². The average Bonchev–Trinajstić information content (AvgIpc) is 3.30. The van der Waals surface area contributed by atoms with Gasteiger partial charge in [-0.1, -0.05) is 78.9 Å². The SMILES string of the molecule is N#Cc1ccccc1CN1CCN(Cc2nc(-c3ccccc3)c(-c3ccccc3)o2)CC1. The molecule has 2 heterocycles. The molecule has 0 atom stereocenters. The van der Waals surface area contributed by atoms with E-state index in [1.807, 2.05) is 60.7 Å². The van der Waals surface area contributed by atoms with E-state index in [4.69, 9.17) is 9.40 Å². The molecule has 5 rings (SSSR count). The van der Waals surface area contributed by atoms with Crippen molar-refractivity contribution in [2.75, 3.05) is 26.2 Å². The van der Waals surface area contributed by atoms with E-state index in [0.29, 0.717) is 6.54 Å². The Kier molecular flexibility index (Phi) is 6.30. The average molecular weight is 435 g/mol. The summed E-state index contributed by atoms with van der Waals surface area (Å²) in [5.74, 6) is 1.57. The van der Waals surface area contributed by atoms with Crippen molar-refractivity contribution in [3.8, 4) is 28.7 Å². The minimum absolute atomic E-state index is 0.690. The quantitative estimate of drug-likeness (QED) is 0.418. The number of nitriles is 1. The standard InChI is InChI=1S/C28H26N4O/c29-19-24-13-7-8-14-25(24)20-31-15-17-32(18-16-31)21-26-30-27(22-9-3-1-4-10-22)28(33-26)23-11-5-2-6-12-23/h1-14H,15-18,20-21H2. The highest BCUT2D eigenvalue weighted by Crippen LogP contribution is 2.33. The van der Waals surface area contributed by atoms with Crippen LogP contribution >= 0.6 is 0 Å². The number of benzene rings is 3. The molecule has 5 heteroatoms. The van der Waals surface area contributed by atoms with Crippen LogP contribution in [-0.2, 0) is 13.1 Å². The minimum atomic E-state index is 0.690. The Labute approximate surface area is 194 Å². The van der Waals surface area contributed by atoms with Gasteiger partial charge < -0.3 is 4.42 Å². The van der Waals surface area contributed by atoms with Crippen LogP contribution in [-0.4, -0.2) is 41.0 Å². The summed E-state index contributed by atoms with van der Waals surface area (Å²) in [7, 11) is 0. The molecular weight excluding hydrogens is 408 g/mol. The first-order valence-electron chi connectivity index (χ1n) is 11.3. The normalized spacial score (nSPS) is 14.8. The molecule has 5 nitrogen and oxygen atoms in total. The molecule has 0 saturated carbocycles. The third-order valence-electron chi connectivity index (χ3n) is 6.11. The fraction of sp³-hybridized carbons (Fsp3) is 0.214. The van der Waals surface area contributed by atoms with Crippen LogP contribution in [0.5, 0.6) is 0 Å². The van der Waals surface area contributed by atoms with Gasteiger partial charge in [-0.25, -0.2) is 4.98 Å². The highest BCUT2D eigenvalue weighted by Gasteiger charge is 2.22. The first-order valence-corrected chi connectivity index (χ1v) is 11.3. The molecule has 0 N–H and O–H groups in total. The van der Waals surface area contributed by atoms with Gasteiger partial charge in [-0.15, -0.1) is 0 Å². The van der Waals surface area contributed by atoms with E-state index in [2.05, 4.69) is 40.1 Å². The third-order valence-corrected chi connectivity index (χ3v) is 6.11. The molecular formula is C28H26N4O. The largest absolute Gasteiger partial charge is 0.439 e. The van der Waals surface area contributed by atoms with E-state index in [9.17, 15) is 5.26 Å². The summed E-state index contributed by atoms with van der Waals surface area (Å²) in [5.41, 5.74) is 4.86. The number of nitrogens with zero attached hydrogens (tertiary/aromatic N) is 4. The van der Waals surface area contributed by atoms with Crippen LogP contribution < -0.4 is 0 Å². The van der Waals surface area contributed by atoms with E-state index in [1.165, 1.54) is 0 Å². The molecule has 1 aliphatic heterocycles. The van der Waals surface area contributed by atoms with Gasteiger partial charge in [0.05, 0.1) is 18.2 Å². The van der Waals surface area contributed by atoms with Gasteiger partial charge in [0.25, 0.3) is 0 Å². The Morgan fingerprint density at radius 2 is 1.30 bits per heavy atom. The van der Waals surface area contributed by atoms with Gasteiger partial charge in [-0.3, -0.25) is 9.80 Å². The molecule has 1 saturated heterocycles. The van der Waals surface area contributed by atoms with Crippen molar-refractivity contribution in [1.82, 2.24) is 14.8 Å². The van der Waals surface area contributed by atoms with Crippen molar-refractivity contribution in [2.24, 2.45) is 0 Å². The summed E-state index contributed by atoms with van der Waals surface area (Å²) < 4.78 is 6.31. The van der Waals surface area contributed by atoms with Crippen LogP contribution in [0.2, 0.25) is 0 Å². The molecule has 0 amide bonds. The lowest BCUT2D eigenvalue weighted by molar-refractivity contribution is 0.114. The van der Waals surface area contributed by atoms with E-state index in [0.717, 1.165) is 72.3 Å². The second kappa shape index (κ2) is 9.83. The number of oxazole rings is 1. The van der Waals surface area contributed by atoms with E-state index in [-0.39, 0.29) is 0 Å². The van der Waals surface area contributed by atoms with Gasteiger partial charge in [-0.2, -0.15) is 5.26 Å². The zero-order valence-corrected chi connectivity index (χ0v) is 18.5. The van der Waals surface area contributed by atoms with Gasteiger partial charge in [0.15, 0.2) is 5.76 Å². The van der Waals surface area contributed by atoms with E-state index in [1.54, 1.807) is 0 Å². The molecule has 33 heavy (non-hydrogen) atoms. The summed E-state index contributed by atoms with van der Waals surface area (Å²) in [6, 6.07) is 30.6.